The third kappa shape index (κ3) is 20.0. The summed E-state index contributed by atoms with van der Waals surface area (Å²) < 4.78 is 19.1. The summed E-state index contributed by atoms with van der Waals surface area (Å²) in [5, 5.41) is 0. The van der Waals surface area contributed by atoms with Gasteiger partial charge in [0.25, 0.3) is 0 Å². The molecular formula is C9H21NO3S2. The second kappa shape index (κ2) is 10.3. The fourth-order valence-electron chi connectivity index (χ4n) is 0.783. The van der Waals surface area contributed by atoms with Gasteiger partial charge in [-0.05, 0) is 6.42 Å². The summed E-state index contributed by atoms with van der Waals surface area (Å²) in [4.78, 5) is 12.3. The van der Waals surface area contributed by atoms with Gasteiger partial charge in [-0.2, -0.15) is 0 Å². The lowest BCUT2D eigenvalue weighted by Gasteiger charge is -2.03. The number of carbonyl (C=O) groups is 1. The quantitative estimate of drug-likeness (QED) is 0.622. The minimum absolute atomic E-state index is 0.292. The Kier molecular flexibility index (Phi) is 11.8. The first kappa shape index (κ1) is 17.2. The van der Waals surface area contributed by atoms with Gasteiger partial charge in [-0.25, -0.2) is 0 Å². The van der Waals surface area contributed by atoms with Gasteiger partial charge in [0.2, 0.25) is 5.91 Å². The highest BCUT2D eigenvalue weighted by molar-refractivity contribution is 7.83. The molecule has 0 saturated carbocycles. The van der Waals surface area contributed by atoms with Crippen LogP contribution in [0.15, 0.2) is 0 Å². The van der Waals surface area contributed by atoms with Crippen molar-refractivity contribution in [2.45, 2.75) is 12.8 Å². The van der Waals surface area contributed by atoms with Crippen LogP contribution < -0.4 is 0 Å². The van der Waals surface area contributed by atoms with Crippen LogP contribution in [0.1, 0.15) is 12.8 Å². The van der Waals surface area contributed by atoms with Crippen molar-refractivity contribution in [3.05, 3.63) is 0 Å². The summed E-state index contributed by atoms with van der Waals surface area (Å²) >= 11 is 0. The van der Waals surface area contributed by atoms with Gasteiger partial charge < -0.3 is 4.90 Å². The first-order chi connectivity index (χ1) is 6.77. The number of likely N-dealkylation sites (tertiary alicyclic amines) is 1. The van der Waals surface area contributed by atoms with E-state index in [1.807, 2.05) is 7.05 Å². The summed E-state index contributed by atoms with van der Waals surface area (Å²) in [6.07, 6.45) is 8.37. The molecule has 0 unspecified atom stereocenters. The Morgan fingerprint density at radius 3 is 1.47 bits per heavy atom. The lowest BCUT2D eigenvalue weighted by Crippen LogP contribution is -2.17. The van der Waals surface area contributed by atoms with Gasteiger partial charge in [0.05, 0.1) is 0 Å². The molecule has 0 aliphatic carbocycles. The summed E-state index contributed by atoms with van der Waals surface area (Å²) in [6, 6.07) is 0. The van der Waals surface area contributed by atoms with Crippen molar-refractivity contribution in [2.24, 2.45) is 0 Å². The van der Waals surface area contributed by atoms with Gasteiger partial charge in [0.1, 0.15) is 0 Å². The minimum Gasteiger partial charge on any atom is -0.346 e. The highest BCUT2D eigenvalue weighted by atomic mass is 32.2. The van der Waals surface area contributed by atoms with Crippen molar-refractivity contribution >= 4 is 27.5 Å². The van der Waals surface area contributed by atoms with E-state index in [9.17, 15) is 13.2 Å². The maximum Gasteiger partial charge on any atom is 0.222 e. The van der Waals surface area contributed by atoms with Crippen molar-refractivity contribution in [1.29, 1.82) is 0 Å². The summed E-state index contributed by atoms with van der Waals surface area (Å²) in [5.74, 6) is 0.292. The molecule has 1 heterocycles. The molecule has 1 saturated heterocycles. The molecule has 1 aliphatic heterocycles. The molecule has 0 atom stereocenters. The van der Waals surface area contributed by atoms with Gasteiger partial charge in [0.15, 0.2) is 0 Å². The van der Waals surface area contributed by atoms with Gasteiger partial charge in [-0.1, -0.05) is 0 Å². The normalized spacial score (nSPS) is 14.6. The van der Waals surface area contributed by atoms with Crippen molar-refractivity contribution in [1.82, 2.24) is 4.90 Å². The van der Waals surface area contributed by atoms with Crippen LogP contribution in [-0.4, -0.2) is 57.8 Å². The molecule has 6 heteroatoms. The van der Waals surface area contributed by atoms with E-state index in [-0.39, 0.29) is 0 Å². The van der Waals surface area contributed by atoms with Crippen LogP contribution in [0.3, 0.4) is 0 Å². The molecule has 0 aromatic carbocycles. The molecule has 0 radical (unpaired) electrons. The smallest absolute Gasteiger partial charge is 0.222 e. The van der Waals surface area contributed by atoms with Gasteiger partial charge in [0, 0.05) is 66.6 Å². The molecule has 1 rings (SSSR count). The van der Waals surface area contributed by atoms with Gasteiger partial charge >= 0.3 is 0 Å². The molecule has 92 valence electrons. The van der Waals surface area contributed by atoms with E-state index < -0.39 is 21.6 Å². The third-order valence-electron chi connectivity index (χ3n) is 1.31. The number of nitrogens with zero attached hydrogens (tertiary/aromatic N) is 1. The number of carbonyl (C=O) groups excluding carboxylic acids is 1. The second-order valence-corrected chi connectivity index (χ2v) is 6.37. The Morgan fingerprint density at radius 1 is 1.07 bits per heavy atom. The maximum atomic E-state index is 10.5. The third-order valence-corrected chi connectivity index (χ3v) is 1.31. The van der Waals surface area contributed by atoms with E-state index in [1.54, 1.807) is 29.9 Å². The van der Waals surface area contributed by atoms with Crippen LogP contribution in [-0.2, 0) is 26.4 Å². The van der Waals surface area contributed by atoms with Crippen LogP contribution in [0, 0.1) is 0 Å². The highest BCUT2D eigenvalue weighted by Crippen LogP contribution is 2.04. The van der Waals surface area contributed by atoms with Crippen molar-refractivity contribution in [2.75, 3.05) is 38.6 Å². The molecule has 0 aromatic heterocycles. The number of hydrogen-bond acceptors (Lipinski definition) is 3. The molecule has 1 fully saturated rings. The Labute approximate surface area is 97.3 Å². The SMILES string of the molecule is CN1CCCC1=O.CS(C)=O.CS(C)=O. The summed E-state index contributed by atoms with van der Waals surface area (Å²) in [5.41, 5.74) is 0. The molecule has 0 bridgehead atoms. The van der Waals surface area contributed by atoms with Crippen LogP contribution in [0.4, 0.5) is 0 Å². The van der Waals surface area contributed by atoms with E-state index in [4.69, 9.17) is 0 Å². The Bertz CT molecular complexity index is 211. The van der Waals surface area contributed by atoms with E-state index >= 15 is 0 Å². The summed E-state index contributed by atoms with van der Waals surface area (Å²) in [6.45, 7) is 0.957. The van der Waals surface area contributed by atoms with E-state index in [2.05, 4.69) is 0 Å². The molecule has 1 amide bonds. The first-order valence-electron chi connectivity index (χ1n) is 4.51. The zero-order chi connectivity index (χ0) is 12.4. The van der Waals surface area contributed by atoms with Crippen molar-refractivity contribution in [3.63, 3.8) is 0 Å². The summed E-state index contributed by atoms with van der Waals surface area (Å²) in [7, 11) is 0.620. The zero-order valence-electron chi connectivity index (χ0n) is 10.1. The molecule has 4 nitrogen and oxygen atoms in total. The molecular weight excluding hydrogens is 234 g/mol. The lowest BCUT2D eigenvalue weighted by molar-refractivity contribution is -0.126. The zero-order valence-corrected chi connectivity index (χ0v) is 11.7. The molecule has 1 aliphatic rings. The number of hydrogen-bond donors (Lipinski definition) is 0. The second-order valence-electron chi connectivity index (χ2n) is 3.40. The Hall–Kier alpha value is -0.230. The Morgan fingerprint density at radius 2 is 1.40 bits per heavy atom. The van der Waals surface area contributed by atoms with E-state index in [0.29, 0.717) is 5.91 Å². The predicted molar refractivity (Wildman–Crippen MR) is 66.9 cm³/mol. The largest absolute Gasteiger partial charge is 0.346 e. The molecule has 15 heavy (non-hydrogen) atoms. The van der Waals surface area contributed by atoms with Gasteiger partial charge in [-0.15, -0.1) is 0 Å². The fourth-order valence-corrected chi connectivity index (χ4v) is 0.783. The molecule has 0 spiro atoms. The maximum absolute atomic E-state index is 10.5. The van der Waals surface area contributed by atoms with Crippen LogP contribution >= 0.6 is 0 Å². The first-order valence-corrected chi connectivity index (χ1v) is 8.44. The average Bonchev–Trinajstić information content (AvgIpc) is 2.33. The average molecular weight is 255 g/mol. The topological polar surface area (TPSA) is 54.5 Å². The van der Waals surface area contributed by atoms with Crippen LogP contribution in [0.25, 0.3) is 0 Å². The van der Waals surface area contributed by atoms with Crippen molar-refractivity contribution < 1.29 is 13.2 Å². The number of amides is 1. The van der Waals surface area contributed by atoms with E-state index in [1.165, 1.54) is 0 Å². The Balaban J connectivity index is 0. The van der Waals surface area contributed by atoms with Crippen LogP contribution in [0.5, 0.6) is 0 Å². The minimum atomic E-state index is -0.611. The number of rotatable bonds is 0. The van der Waals surface area contributed by atoms with Crippen LogP contribution in [0.2, 0.25) is 0 Å². The van der Waals surface area contributed by atoms with E-state index in [0.717, 1.165) is 19.4 Å². The fraction of sp³-hybridized carbons (Fsp3) is 0.889. The lowest BCUT2D eigenvalue weighted by atomic mass is 10.4. The monoisotopic (exact) mass is 255 g/mol. The standard InChI is InChI=1S/C5H9NO.2C2H6OS/c1-6-4-2-3-5(6)7;2*1-4(2)3/h2-4H2,1H3;2*1-2H3. The predicted octanol–water partition coefficient (Wildman–Crippen LogP) is 0.228. The van der Waals surface area contributed by atoms with Gasteiger partial charge in [-0.3, -0.25) is 13.2 Å². The molecule has 0 N–H and O–H groups in total. The van der Waals surface area contributed by atoms with Crippen molar-refractivity contribution in [3.8, 4) is 0 Å². The highest BCUT2D eigenvalue weighted by Gasteiger charge is 2.14. The molecule has 0 aromatic rings.